The number of hydrogen-bond acceptors (Lipinski definition) is 3. The minimum absolute atomic E-state index is 0.0701. The number of rotatable bonds is 2. The van der Waals surface area contributed by atoms with Crippen molar-refractivity contribution >= 4 is 22.7 Å². The predicted molar refractivity (Wildman–Crippen MR) is 73.7 cm³/mol. The first kappa shape index (κ1) is 12.7. The molecule has 0 spiro atoms. The molecule has 2 amide bonds. The summed E-state index contributed by atoms with van der Waals surface area (Å²) in [6.45, 7) is 2.15. The first-order chi connectivity index (χ1) is 9.56. The van der Waals surface area contributed by atoms with Crippen LogP contribution in [-0.2, 0) is 23.2 Å². The van der Waals surface area contributed by atoms with E-state index in [1.807, 2.05) is 31.3 Å². The summed E-state index contributed by atoms with van der Waals surface area (Å²) in [5.41, 5.74) is 1.84. The third-order valence-electron chi connectivity index (χ3n) is 3.57. The van der Waals surface area contributed by atoms with Crippen LogP contribution in [0.2, 0.25) is 0 Å². The first-order valence-electron chi connectivity index (χ1n) is 6.55. The Hall–Kier alpha value is -2.37. The highest BCUT2D eigenvalue weighted by molar-refractivity contribution is 5.94. The van der Waals surface area contributed by atoms with E-state index in [0.29, 0.717) is 6.54 Å². The second-order valence-electron chi connectivity index (χ2n) is 5.07. The fraction of sp³-hybridized carbons (Fsp3) is 0.357. The van der Waals surface area contributed by atoms with E-state index in [4.69, 9.17) is 0 Å². The van der Waals surface area contributed by atoms with Gasteiger partial charge in [-0.25, -0.2) is 0 Å². The number of carbonyl (C=O) groups is 2. The van der Waals surface area contributed by atoms with Crippen LogP contribution in [0, 0.1) is 0 Å². The first-order valence-corrected chi connectivity index (χ1v) is 6.55. The number of aryl methyl sites for hydroxylation is 1. The van der Waals surface area contributed by atoms with Crippen molar-refractivity contribution in [1.29, 1.82) is 0 Å². The van der Waals surface area contributed by atoms with Gasteiger partial charge in [-0.2, -0.15) is 5.10 Å². The lowest BCUT2D eigenvalue weighted by Gasteiger charge is -2.30. The maximum absolute atomic E-state index is 12.1. The number of benzene rings is 1. The predicted octanol–water partition coefficient (Wildman–Crippen LogP) is 0.420. The van der Waals surface area contributed by atoms with Crippen LogP contribution < -0.4 is 5.32 Å². The Balaban J connectivity index is 1.93. The fourth-order valence-corrected chi connectivity index (χ4v) is 2.59. The van der Waals surface area contributed by atoms with Gasteiger partial charge in [0.05, 0.1) is 17.8 Å². The summed E-state index contributed by atoms with van der Waals surface area (Å²) >= 11 is 0. The zero-order valence-electron chi connectivity index (χ0n) is 11.5. The van der Waals surface area contributed by atoms with Crippen LogP contribution in [0.15, 0.2) is 24.3 Å². The van der Waals surface area contributed by atoms with Crippen LogP contribution in [0.25, 0.3) is 10.9 Å². The Labute approximate surface area is 116 Å². The second kappa shape index (κ2) is 4.63. The highest BCUT2D eigenvalue weighted by atomic mass is 16.2. The van der Waals surface area contributed by atoms with Gasteiger partial charge in [-0.1, -0.05) is 18.2 Å². The number of aromatic nitrogens is 2. The summed E-state index contributed by atoms with van der Waals surface area (Å²) in [7, 11) is 1.87. The van der Waals surface area contributed by atoms with E-state index in [1.165, 1.54) is 0 Å². The fourth-order valence-electron chi connectivity index (χ4n) is 2.59. The SMILES string of the molecule is CC1NC(=O)CN(Cc2nn(C)c3ccccc23)C1=O. The van der Waals surface area contributed by atoms with Crippen molar-refractivity contribution in [2.75, 3.05) is 6.54 Å². The van der Waals surface area contributed by atoms with Crippen molar-refractivity contribution in [3.63, 3.8) is 0 Å². The third-order valence-corrected chi connectivity index (χ3v) is 3.57. The largest absolute Gasteiger partial charge is 0.343 e. The average molecular weight is 272 g/mol. The molecule has 20 heavy (non-hydrogen) atoms. The molecule has 1 fully saturated rings. The molecule has 2 heterocycles. The van der Waals surface area contributed by atoms with E-state index >= 15 is 0 Å². The van der Waals surface area contributed by atoms with Crippen LogP contribution in [0.3, 0.4) is 0 Å². The van der Waals surface area contributed by atoms with E-state index in [0.717, 1.165) is 16.6 Å². The number of hydrogen-bond donors (Lipinski definition) is 1. The average Bonchev–Trinajstić information content (AvgIpc) is 2.73. The Kier molecular flexibility index (Phi) is 2.93. The molecule has 6 heteroatoms. The van der Waals surface area contributed by atoms with Gasteiger partial charge in [-0.15, -0.1) is 0 Å². The molecule has 104 valence electrons. The number of carbonyl (C=O) groups excluding carboxylic acids is 2. The van der Waals surface area contributed by atoms with E-state index in [-0.39, 0.29) is 18.4 Å². The molecule has 0 aliphatic carbocycles. The molecule has 1 aliphatic rings. The lowest BCUT2D eigenvalue weighted by molar-refractivity contribution is -0.144. The number of para-hydroxylation sites is 1. The number of piperazine rings is 1. The standard InChI is InChI=1S/C14H16N4O2/c1-9-14(20)18(8-13(19)15-9)7-11-10-5-3-4-6-12(10)17(2)16-11/h3-6,9H,7-8H2,1-2H3,(H,15,19). The third kappa shape index (κ3) is 2.03. The smallest absolute Gasteiger partial charge is 0.245 e. The molecule has 0 saturated carbocycles. The van der Waals surface area contributed by atoms with Gasteiger partial charge in [-0.05, 0) is 13.0 Å². The van der Waals surface area contributed by atoms with Gasteiger partial charge in [-0.3, -0.25) is 14.3 Å². The topological polar surface area (TPSA) is 67.2 Å². The van der Waals surface area contributed by atoms with E-state index in [1.54, 1.807) is 16.5 Å². The highest BCUT2D eigenvalue weighted by Gasteiger charge is 2.30. The monoisotopic (exact) mass is 272 g/mol. The van der Waals surface area contributed by atoms with E-state index < -0.39 is 6.04 Å². The molecule has 1 atom stereocenters. The molecule has 2 aromatic rings. The van der Waals surface area contributed by atoms with Gasteiger partial charge in [0.25, 0.3) is 0 Å². The molecule has 1 aromatic heterocycles. The van der Waals surface area contributed by atoms with Gasteiger partial charge in [0.15, 0.2) is 0 Å². The van der Waals surface area contributed by atoms with Gasteiger partial charge >= 0.3 is 0 Å². The normalized spacial score (nSPS) is 19.5. The molecule has 1 N–H and O–H groups in total. The maximum Gasteiger partial charge on any atom is 0.245 e. The van der Waals surface area contributed by atoms with Crippen LogP contribution in [0.1, 0.15) is 12.6 Å². The van der Waals surface area contributed by atoms with Gasteiger partial charge in [0.1, 0.15) is 12.6 Å². The molecule has 3 rings (SSSR count). The molecule has 0 radical (unpaired) electrons. The van der Waals surface area contributed by atoms with Crippen molar-refractivity contribution in [2.24, 2.45) is 7.05 Å². The molecule has 1 aromatic carbocycles. The lowest BCUT2D eigenvalue weighted by atomic mass is 10.1. The quantitative estimate of drug-likeness (QED) is 0.861. The van der Waals surface area contributed by atoms with Crippen LogP contribution in [0.5, 0.6) is 0 Å². The number of fused-ring (bicyclic) bond motifs is 1. The number of amides is 2. The molecule has 1 unspecified atom stereocenters. The van der Waals surface area contributed by atoms with Crippen LogP contribution in [0.4, 0.5) is 0 Å². The van der Waals surface area contributed by atoms with Crippen molar-refractivity contribution in [3.05, 3.63) is 30.0 Å². The number of nitrogens with zero attached hydrogens (tertiary/aromatic N) is 3. The van der Waals surface area contributed by atoms with Gasteiger partial charge < -0.3 is 10.2 Å². The molecule has 1 aliphatic heterocycles. The van der Waals surface area contributed by atoms with Crippen molar-refractivity contribution in [2.45, 2.75) is 19.5 Å². The van der Waals surface area contributed by atoms with Gasteiger partial charge in [0.2, 0.25) is 11.8 Å². The summed E-state index contributed by atoms with van der Waals surface area (Å²) < 4.78 is 1.79. The van der Waals surface area contributed by atoms with Crippen molar-refractivity contribution in [3.8, 4) is 0 Å². The van der Waals surface area contributed by atoms with Crippen molar-refractivity contribution in [1.82, 2.24) is 20.0 Å². The Morgan fingerprint density at radius 1 is 1.35 bits per heavy atom. The van der Waals surface area contributed by atoms with Crippen LogP contribution in [-0.4, -0.2) is 39.1 Å². The minimum atomic E-state index is -0.466. The van der Waals surface area contributed by atoms with Gasteiger partial charge in [0, 0.05) is 12.4 Å². The van der Waals surface area contributed by atoms with E-state index in [9.17, 15) is 9.59 Å². The second-order valence-corrected chi connectivity index (χ2v) is 5.07. The molecule has 0 bridgehead atoms. The van der Waals surface area contributed by atoms with Crippen molar-refractivity contribution < 1.29 is 9.59 Å². The summed E-state index contributed by atoms with van der Waals surface area (Å²) in [4.78, 5) is 25.2. The van der Waals surface area contributed by atoms with Crippen LogP contribution >= 0.6 is 0 Å². The summed E-state index contributed by atoms with van der Waals surface area (Å²) in [5, 5.41) is 8.11. The zero-order chi connectivity index (χ0) is 14.3. The zero-order valence-corrected chi connectivity index (χ0v) is 11.5. The summed E-state index contributed by atoms with van der Waals surface area (Å²) in [6, 6.07) is 7.40. The molecular weight excluding hydrogens is 256 g/mol. The molecular formula is C14H16N4O2. The summed E-state index contributed by atoms with van der Waals surface area (Å²) in [6.07, 6.45) is 0. The highest BCUT2D eigenvalue weighted by Crippen LogP contribution is 2.19. The molecule has 1 saturated heterocycles. The lowest BCUT2D eigenvalue weighted by Crippen LogP contribution is -2.56. The molecule has 6 nitrogen and oxygen atoms in total. The maximum atomic E-state index is 12.1. The minimum Gasteiger partial charge on any atom is -0.343 e. The Morgan fingerprint density at radius 3 is 2.90 bits per heavy atom. The number of nitrogens with one attached hydrogen (secondary N) is 1. The Bertz CT molecular complexity index is 692. The summed E-state index contributed by atoms with van der Waals surface area (Å²) in [5.74, 6) is -0.198. The van der Waals surface area contributed by atoms with E-state index in [2.05, 4.69) is 10.4 Å². The Morgan fingerprint density at radius 2 is 2.10 bits per heavy atom.